The fourth-order valence-corrected chi connectivity index (χ4v) is 3.62. The van der Waals surface area contributed by atoms with Gasteiger partial charge in [-0.3, -0.25) is 4.79 Å². The van der Waals surface area contributed by atoms with Crippen molar-refractivity contribution in [3.63, 3.8) is 0 Å². The number of nitrogens with zero attached hydrogens (tertiary/aromatic N) is 1. The summed E-state index contributed by atoms with van der Waals surface area (Å²) in [6.07, 6.45) is -5.03. The Balaban J connectivity index is 0.000000633. The van der Waals surface area contributed by atoms with Gasteiger partial charge in [0.15, 0.2) is 6.10 Å². The molecule has 0 aliphatic carbocycles. The van der Waals surface area contributed by atoms with Crippen molar-refractivity contribution in [1.29, 1.82) is 0 Å². The Labute approximate surface area is 192 Å². The van der Waals surface area contributed by atoms with Gasteiger partial charge in [0.25, 0.3) is 5.91 Å². The summed E-state index contributed by atoms with van der Waals surface area (Å²) in [5.74, 6) is -2.92. The van der Waals surface area contributed by atoms with E-state index in [0.29, 0.717) is 48.1 Å². The van der Waals surface area contributed by atoms with Crippen LogP contribution in [0.2, 0.25) is 10.0 Å². The molecule has 1 aliphatic heterocycles. The molecule has 5 N–H and O–H groups in total. The molecule has 1 aromatic carbocycles. The number of piperidine rings is 1. The number of rotatable bonds is 6. The summed E-state index contributed by atoms with van der Waals surface area (Å²) in [5, 5.41) is 39.9. The van der Waals surface area contributed by atoms with Crippen LogP contribution in [0.1, 0.15) is 31.4 Å². The number of carbonyl (C=O) groups is 2. The third-order valence-electron chi connectivity index (χ3n) is 4.85. The van der Waals surface area contributed by atoms with Crippen molar-refractivity contribution in [1.82, 2.24) is 10.2 Å². The summed E-state index contributed by atoms with van der Waals surface area (Å²) < 4.78 is 31.7. The van der Waals surface area contributed by atoms with Gasteiger partial charge in [0.05, 0.1) is 16.7 Å². The summed E-state index contributed by atoms with van der Waals surface area (Å²) in [6, 6.07) is 3.01. The van der Waals surface area contributed by atoms with Crippen LogP contribution in [-0.2, 0) is 9.59 Å². The first-order chi connectivity index (χ1) is 14.8. The molecule has 0 saturated carbocycles. The first kappa shape index (κ1) is 28.2. The molecule has 1 heterocycles. The maximum atomic E-state index is 12.0. The molecular weight excluding hydrogens is 480 g/mol. The highest BCUT2D eigenvalue weighted by molar-refractivity contribution is 6.42. The first-order valence-electron chi connectivity index (χ1n) is 9.62. The number of aliphatic hydroxyl groups is 2. The van der Waals surface area contributed by atoms with Gasteiger partial charge in [-0.25, -0.2) is 4.79 Å². The summed E-state index contributed by atoms with van der Waals surface area (Å²) >= 11 is 12.1. The topological polar surface area (TPSA) is 130 Å². The number of hydrogen-bond donors (Lipinski definition) is 5. The normalized spacial score (nSPS) is 16.7. The largest absolute Gasteiger partial charge is 0.508 e. The standard InChI is InChI=1S/C17H24Cl2N2O4.C2HF3O2/c1-2-20-16(11-7-12(18)13(19)8-14(11)23)10-3-5-21(6-4-10)17(25)15(24)9-22;3-2(4,5)1(6)7/h7-8,10,15-16,20,22-24H,2-6,9H2,1H3;(H,6,7)/t15-,16?;/m1./s1. The van der Waals surface area contributed by atoms with Crippen LogP contribution >= 0.6 is 23.2 Å². The van der Waals surface area contributed by atoms with E-state index >= 15 is 0 Å². The minimum atomic E-state index is -5.08. The zero-order valence-electron chi connectivity index (χ0n) is 17.1. The highest BCUT2D eigenvalue weighted by Gasteiger charge is 2.38. The third kappa shape index (κ3) is 7.96. The summed E-state index contributed by atoms with van der Waals surface area (Å²) in [6.45, 7) is 3.11. The lowest BCUT2D eigenvalue weighted by molar-refractivity contribution is -0.192. The number of halogens is 5. The Bertz CT molecular complexity index is 789. The van der Waals surface area contributed by atoms with Crippen LogP contribution in [0.4, 0.5) is 13.2 Å². The zero-order chi connectivity index (χ0) is 24.6. The van der Waals surface area contributed by atoms with Gasteiger partial charge in [-0.15, -0.1) is 0 Å². The van der Waals surface area contributed by atoms with E-state index in [9.17, 15) is 28.2 Å². The maximum absolute atomic E-state index is 12.0. The fraction of sp³-hybridized carbons (Fsp3) is 0.579. The molecule has 1 saturated heterocycles. The predicted octanol–water partition coefficient (Wildman–Crippen LogP) is 2.57. The Hall–Kier alpha value is -1.79. The van der Waals surface area contributed by atoms with Gasteiger partial charge in [0, 0.05) is 30.8 Å². The number of aliphatic hydroxyl groups excluding tert-OH is 2. The molecule has 13 heteroatoms. The summed E-state index contributed by atoms with van der Waals surface area (Å²) in [4.78, 5) is 22.4. The van der Waals surface area contributed by atoms with Crippen LogP contribution in [0.3, 0.4) is 0 Å². The van der Waals surface area contributed by atoms with Gasteiger partial charge in [0.1, 0.15) is 5.75 Å². The SMILES string of the molecule is CCNC(c1cc(Cl)c(Cl)cc1O)C1CCN(C(=O)[C@H](O)CO)CC1.O=C(O)C(F)(F)F. The Kier molecular flexibility index (Phi) is 11.0. The zero-order valence-corrected chi connectivity index (χ0v) is 18.6. The number of likely N-dealkylation sites (tertiary alicyclic amines) is 1. The highest BCUT2D eigenvalue weighted by atomic mass is 35.5. The Morgan fingerprint density at radius 2 is 1.72 bits per heavy atom. The van der Waals surface area contributed by atoms with Gasteiger partial charge in [-0.1, -0.05) is 30.1 Å². The van der Waals surface area contributed by atoms with Crippen LogP contribution < -0.4 is 5.32 Å². The van der Waals surface area contributed by atoms with Crippen LogP contribution in [0.15, 0.2) is 12.1 Å². The van der Waals surface area contributed by atoms with Gasteiger partial charge in [-0.2, -0.15) is 13.2 Å². The number of phenols is 1. The predicted molar refractivity (Wildman–Crippen MR) is 111 cm³/mol. The number of benzene rings is 1. The molecule has 0 radical (unpaired) electrons. The lowest BCUT2D eigenvalue weighted by Gasteiger charge is -2.37. The molecule has 0 bridgehead atoms. The van der Waals surface area contributed by atoms with Crippen molar-refractivity contribution in [2.24, 2.45) is 5.92 Å². The smallest absolute Gasteiger partial charge is 0.490 e. The molecule has 1 unspecified atom stereocenters. The number of aliphatic carboxylic acids is 1. The molecular formula is C19H25Cl2F3N2O6. The first-order valence-corrected chi connectivity index (χ1v) is 10.4. The molecule has 0 aromatic heterocycles. The minimum absolute atomic E-state index is 0.0922. The average molecular weight is 505 g/mol. The number of nitrogens with one attached hydrogen (secondary N) is 1. The number of carboxylic acids is 1. The third-order valence-corrected chi connectivity index (χ3v) is 5.57. The number of hydrogen-bond acceptors (Lipinski definition) is 6. The second-order valence-corrected chi connectivity index (χ2v) is 7.84. The van der Waals surface area contributed by atoms with E-state index in [4.69, 9.17) is 38.2 Å². The van der Waals surface area contributed by atoms with Gasteiger partial charge >= 0.3 is 12.1 Å². The van der Waals surface area contributed by atoms with Crippen LogP contribution in [0, 0.1) is 5.92 Å². The summed E-state index contributed by atoms with van der Waals surface area (Å²) in [7, 11) is 0. The van der Waals surface area contributed by atoms with Crippen LogP contribution in [0.25, 0.3) is 0 Å². The number of carbonyl (C=O) groups excluding carboxylic acids is 1. The summed E-state index contributed by atoms with van der Waals surface area (Å²) in [5.41, 5.74) is 0.691. The molecule has 8 nitrogen and oxygen atoms in total. The molecule has 2 atom stereocenters. The quantitative estimate of drug-likeness (QED) is 0.402. The second-order valence-electron chi connectivity index (χ2n) is 7.02. The van der Waals surface area contributed by atoms with Crippen molar-refractivity contribution in [2.75, 3.05) is 26.2 Å². The van der Waals surface area contributed by atoms with Gasteiger partial charge in [0.2, 0.25) is 0 Å². The Morgan fingerprint density at radius 1 is 1.22 bits per heavy atom. The fourth-order valence-electron chi connectivity index (χ4n) is 3.29. The van der Waals surface area contributed by atoms with E-state index in [1.807, 2.05) is 6.92 Å². The number of alkyl halides is 3. The van der Waals surface area contributed by atoms with Crippen molar-refractivity contribution in [3.8, 4) is 5.75 Å². The van der Waals surface area contributed by atoms with Crippen molar-refractivity contribution in [3.05, 3.63) is 27.7 Å². The van der Waals surface area contributed by atoms with Gasteiger partial charge < -0.3 is 30.6 Å². The Morgan fingerprint density at radius 3 is 2.16 bits per heavy atom. The van der Waals surface area contributed by atoms with Crippen molar-refractivity contribution in [2.45, 2.75) is 38.1 Å². The van der Waals surface area contributed by atoms with E-state index in [0.717, 1.165) is 0 Å². The van der Waals surface area contributed by atoms with E-state index in [-0.39, 0.29) is 17.7 Å². The van der Waals surface area contributed by atoms with Crippen molar-refractivity contribution < 1.29 is 43.2 Å². The number of amides is 1. The minimum Gasteiger partial charge on any atom is -0.508 e. The molecule has 182 valence electrons. The van der Waals surface area contributed by atoms with Gasteiger partial charge in [-0.05, 0) is 31.4 Å². The maximum Gasteiger partial charge on any atom is 0.490 e. The number of phenolic OH excluding ortho intramolecular Hbond substituents is 1. The van der Waals surface area contributed by atoms with E-state index in [2.05, 4.69) is 5.32 Å². The average Bonchev–Trinajstić information content (AvgIpc) is 2.73. The van der Waals surface area contributed by atoms with Crippen LogP contribution in [-0.4, -0.2) is 75.7 Å². The lowest BCUT2D eigenvalue weighted by atomic mass is 9.84. The molecule has 32 heavy (non-hydrogen) atoms. The second kappa shape index (κ2) is 12.4. The van der Waals surface area contributed by atoms with E-state index in [1.165, 1.54) is 6.07 Å². The number of aromatic hydroxyl groups is 1. The van der Waals surface area contributed by atoms with E-state index in [1.54, 1.807) is 11.0 Å². The molecule has 0 spiro atoms. The molecule has 1 aliphatic rings. The number of carboxylic acid groups (broad SMARTS) is 1. The molecule has 1 aromatic rings. The van der Waals surface area contributed by atoms with E-state index < -0.39 is 30.8 Å². The molecule has 2 rings (SSSR count). The highest BCUT2D eigenvalue weighted by Crippen LogP contribution is 2.39. The molecule has 1 fully saturated rings. The van der Waals surface area contributed by atoms with Crippen LogP contribution in [0.5, 0.6) is 5.75 Å². The van der Waals surface area contributed by atoms with Crippen molar-refractivity contribution >= 4 is 35.1 Å². The molecule has 1 amide bonds. The monoisotopic (exact) mass is 504 g/mol. The lowest BCUT2D eigenvalue weighted by Crippen LogP contribution is -2.46.